The minimum absolute atomic E-state index is 0.0283. The second-order valence-electron chi connectivity index (χ2n) is 12.2. The Morgan fingerprint density at radius 1 is 0.659 bits per heavy atom. The van der Waals surface area contributed by atoms with Crippen molar-refractivity contribution in [1.82, 2.24) is 9.97 Å². The van der Waals surface area contributed by atoms with Gasteiger partial charge in [-0.1, -0.05) is 128 Å². The number of benzene rings is 2. The predicted molar refractivity (Wildman–Crippen MR) is 177 cm³/mol. The fraction of sp³-hybridized carbons (Fsp3) is 0.568. The van der Waals surface area contributed by atoms with Crippen LogP contribution in [0, 0.1) is 11.8 Å². The Kier molecular flexibility index (Phi) is 15.3. The highest BCUT2D eigenvalue weighted by atomic mass is 35.5. The highest BCUT2D eigenvalue weighted by Crippen LogP contribution is 2.26. The van der Waals surface area contributed by atoms with E-state index in [0.717, 1.165) is 47.0 Å². The lowest BCUT2D eigenvalue weighted by atomic mass is 9.97. The van der Waals surface area contributed by atoms with Gasteiger partial charge in [0, 0.05) is 18.0 Å². The number of aryl methyl sites for hydroxylation is 1. The van der Waals surface area contributed by atoms with Crippen molar-refractivity contribution in [2.45, 2.75) is 117 Å². The summed E-state index contributed by atoms with van der Waals surface area (Å²) in [6.45, 7) is 9.59. The molecule has 0 spiro atoms. The highest BCUT2D eigenvalue weighted by Gasteiger charge is 2.15. The van der Waals surface area contributed by atoms with E-state index in [0.29, 0.717) is 12.5 Å². The third kappa shape index (κ3) is 12.6. The summed E-state index contributed by atoms with van der Waals surface area (Å²) >= 11 is 6.62. The molecule has 0 bridgehead atoms. The molecule has 1 heterocycles. The van der Waals surface area contributed by atoms with Crippen LogP contribution in [0.3, 0.4) is 0 Å². The van der Waals surface area contributed by atoms with Crippen LogP contribution in [-0.2, 0) is 6.42 Å². The lowest BCUT2D eigenvalue weighted by Crippen LogP contribution is -2.20. The van der Waals surface area contributed by atoms with E-state index in [4.69, 9.17) is 16.3 Å². The van der Waals surface area contributed by atoms with Crippen LogP contribution < -0.4 is 4.74 Å². The van der Waals surface area contributed by atoms with Gasteiger partial charge in [0.2, 0.25) is 0 Å². The molecule has 0 saturated heterocycles. The minimum Gasteiger partial charge on any atom is -0.492 e. The summed E-state index contributed by atoms with van der Waals surface area (Å²) in [5.74, 6) is 2.85. The fourth-order valence-corrected chi connectivity index (χ4v) is 5.39. The van der Waals surface area contributed by atoms with E-state index in [1.165, 1.54) is 76.2 Å². The highest BCUT2D eigenvalue weighted by molar-refractivity contribution is 6.20. The van der Waals surface area contributed by atoms with Crippen molar-refractivity contribution >= 4 is 11.6 Å². The molecule has 3 rings (SSSR count). The van der Waals surface area contributed by atoms with Gasteiger partial charge in [-0.3, -0.25) is 0 Å². The number of ether oxygens (including phenoxy) is 1. The van der Waals surface area contributed by atoms with Crippen LogP contribution in [0.5, 0.6) is 5.75 Å². The maximum Gasteiger partial charge on any atom is 0.159 e. The molecule has 3 aromatic rings. The van der Waals surface area contributed by atoms with E-state index in [1.54, 1.807) is 0 Å². The van der Waals surface area contributed by atoms with Crippen LogP contribution in [0.25, 0.3) is 22.5 Å². The van der Waals surface area contributed by atoms with E-state index in [2.05, 4.69) is 74.1 Å². The third-order valence-electron chi connectivity index (χ3n) is 8.07. The largest absolute Gasteiger partial charge is 0.492 e. The molecule has 0 fully saturated rings. The number of nitrogens with zero attached hydrogens (tertiary/aromatic N) is 2. The number of unbranched alkanes of at least 4 members (excludes halogenated alkanes) is 8. The lowest BCUT2D eigenvalue weighted by molar-refractivity contribution is 0.280. The van der Waals surface area contributed by atoms with Gasteiger partial charge in [0.05, 0.1) is 5.38 Å². The molecule has 2 aromatic carbocycles. The zero-order valence-electron chi connectivity index (χ0n) is 26.1. The smallest absolute Gasteiger partial charge is 0.159 e. The average Bonchev–Trinajstić information content (AvgIpc) is 2.99. The maximum absolute atomic E-state index is 6.62. The van der Waals surface area contributed by atoms with Crippen molar-refractivity contribution in [3.8, 4) is 28.3 Å². The number of alkyl halides is 1. The quantitative estimate of drug-likeness (QED) is 0.0990. The number of halogens is 1. The van der Waals surface area contributed by atoms with Crippen LogP contribution in [-0.4, -0.2) is 22.0 Å². The molecule has 0 aliphatic heterocycles. The van der Waals surface area contributed by atoms with Gasteiger partial charge in [0.15, 0.2) is 5.82 Å². The predicted octanol–water partition coefficient (Wildman–Crippen LogP) is 11.3. The van der Waals surface area contributed by atoms with Crippen molar-refractivity contribution in [3.05, 3.63) is 66.5 Å². The Bertz CT molecular complexity index is 1080. The number of hydrogen-bond acceptors (Lipinski definition) is 3. The molecule has 2 unspecified atom stereocenters. The Morgan fingerprint density at radius 2 is 1.20 bits per heavy atom. The van der Waals surface area contributed by atoms with E-state index in [1.807, 2.05) is 24.5 Å². The van der Waals surface area contributed by atoms with E-state index < -0.39 is 0 Å². The van der Waals surface area contributed by atoms with Crippen molar-refractivity contribution in [2.75, 3.05) is 6.61 Å². The van der Waals surface area contributed by atoms with Gasteiger partial charge in [0.25, 0.3) is 0 Å². The molecule has 1 aromatic heterocycles. The number of aromatic nitrogens is 2. The fourth-order valence-electron chi connectivity index (χ4n) is 5.20. The molecule has 0 aliphatic carbocycles. The zero-order valence-corrected chi connectivity index (χ0v) is 26.8. The molecule has 0 radical (unpaired) electrons. The molecular formula is C37H53ClN2O. The Morgan fingerprint density at radius 3 is 1.78 bits per heavy atom. The van der Waals surface area contributed by atoms with Crippen LogP contribution in [0.2, 0.25) is 0 Å². The van der Waals surface area contributed by atoms with Crippen molar-refractivity contribution in [3.63, 3.8) is 0 Å². The first-order valence-corrected chi connectivity index (χ1v) is 16.7. The van der Waals surface area contributed by atoms with Crippen LogP contribution in [0.1, 0.15) is 110 Å². The van der Waals surface area contributed by atoms with Gasteiger partial charge >= 0.3 is 0 Å². The molecular weight excluding hydrogens is 524 g/mol. The Balaban J connectivity index is 1.40. The first-order valence-electron chi connectivity index (χ1n) is 16.2. The summed E-state index contributed by atoms with van der Waals surface area (Å²) in [5.41, 5.74) is 4.59. The first-order chi connectivity index (χ1) is 20.0. The third-order valence-corrected chi connectivity index (χ3v) is 8.63. The second kappa shape index (κ2) is 18.9. The normalized spacial score (nSPS) is 12.9. The molecule has 0 amide bonds. The van der Waals surface area contributed by atoms with E-state index in [9.17, 15) is 0 Å². The van der Waals surface area contributed by atoms with Crippen molar-refractivity contribution < 1.29 is 4.74 Å². The summed E-state index contributed by atoms with van der Waals surface area (Å²) in [6, 6.07) is 16.8. The second-order valence-corrected chi connectivity index (χ2v) is 12.8. The topological polar surface area (TPSA) is 35.0 Å². The van der Waals surface area contributed by atoms with Gasteiger partial charge in [0.1, 0.15) is 12.4 Å². The van der Waals surface area contributed by atoms with Gasteiger partial charge < -0.3 is 4.74 Å². The summed E-state index contributed by atoms with van der Waals surface area (Å²) in [7, 11) is 0. The van der Waals surface area contributed by atoms with E-state index in [-0.39, 0.29) is 5.38 Å². The molecule has 0 N–H and O–H groups in total. The molecule has 224 valence electrons. The molecule has 4 heteroatoms. The minimum atomic E-state index is 0.0283. The summed E-state index contributed by atoms with van der Waals surface area (Å²) in [4.78, 5) is 9.30. The van der Waals surface area contributed by atoms with Gasteiger partial charge in [-0.25, -0.2) is 9.97 Å². The summed E-state index contributed by atoms with van der Waals surface area (Å²) in [5, 5.41) is 0.0283. The molecule has 2 atom stereocenters. The van der Waals surface area contributed by atoms with Crippen LogP contribution in [0.4, 0.5) is 0 Å². The monoisotopic (exact) mass is 576 g/mol. The number of hydrogen-bond donors (Lipinski definition) is 0. The van der Waals surface area contributed by atoms with Crippen LogP contribution >= 0.6 is 11.6 Å². The molecule has 0 saturated carbocycles. The molecule has 41 heavy (non-hydrogen) atoms. The van der Waals surface area contributed by atoms with Gasteiger partial charge in [-0.15, -0.1) is 11.6 Å². The first kappa shape index (κ1) is 33.1. The van der Waals surface area contributed by atoms with Crippen molar-refractivity contribution in [1.29, 1.82) is 0 Å². The van der Waals surface area contributed by atoms with Gasteiger partial charge in [-0.2, -0.15) is 0 Å². The van der Waals surface area contributed by atoms with Crippen LogP contribution in [0.15, 0.2) is 60.9 Å². The Labute approximate surface area is 255 Å². The molecule has 0 aliphatic rings. The average molecular weight is 577 g/mol. The maximum atomic E-state index is 6.62. The summed E-state index contributed by atoms with van der Waals surface area (Å²) < 4.78 is 6.00. The lowest BCUT2D eigenvalue weighted by Gasteiger charge is -2.19. The van der Waals surface area contributed by atoms with Crippen molar-refractivity contribution in [2.24, 2.45) is 11.8 Å². The van der Waals surface area contributed by atoms with E-state index >= 15 is 0 Å². The SMILES string of the molecule is CCCCCCCCCCCc1cnc(-c2ccc(-c3ccc(OCC(Cl)C(C)CCCC(C)C)cc3)cc2)nc1. The Hall–Kier alpha value is -2.39. The van der Waals surface area contributed by atoms with Gasteiger partial charge in [-0.05, 0) is 59.9 Å². The standard InChI is InChI=1S/C37H53ClN2O/c1-5-6-7-8-9-10-11-12-13-17-31-26-39-37(40-27-31)34-20-18-32(19-21-34)33-22-24-35(25-23-33)41-28-36(38)30(4)16-14-15-29(2)3/h18-27,29-30,36H,5-17,28H2,1-4H3. The number of rotatable bonds is 20. The molecule has 3 nitrogen and oxygen atoms in total. The zero-order chi connectivity index (χ0) is 29.3. The summed E-state index contributed by atoms with van der Waals surface area (Å²) in [6.07, 6.45) is 20.9.